The van der Waals surface area contributed by atoms with Gasteiger partial charge in [-0.3, -0.25) is 0 Å². The van der Waals surface area contributed by atoms with Crippen molar-refractivity contribution in [2.75, 3.05) is 36.4 Å². The van der Waals surface area contributed by atoms with E-state index in [1.807, 2.05) is 28.4 Å². The number of rotatable bonds is 5. The fourth-order valence-corrected chi connectivity index (χ4v) is 6.55. The number of nitrogens with one attached hydrogen (secondary N) is 1. The van der Waals surface area contributed by atoms with Crippen LogP contribution in [0.1, 0.15) is 68.3 Å². The Hall–Kier alpha value is -2.67. The SMILES string of the molecule is CCc1cccc(NC(=O)N2CCN(c3nc([C@@H](C)CC)nc4sc5c(c34)CC[C@H](C)C5)CC2)c1. The number of amides is 2. The van der Waals surface area contributed by atoms with Crippen LogP contribution in [0.25, 0.3) is 10.2 Å². The Morgan fingerprint density at radius 2 is 2.00 bits per heavy atom. The topological polar surface area (TPSA) is 61.4 Å². The van der Waals surface area contributed by atoms with Crippen LogP contribution in [0, 0.1) is 5.92 Å². The van der Waals surface area contributed by atoms with Crippen LogP contribution in [-0.2, 0) is 19.3 Å². The first-order chi connectivity index (χ1) is 17.0. The maximum Gasteiger partial charge on any atom is 0.321 e. The van der Waals surface area contributed by atoms with E-state index in [0.29, 0.717) is 19.0 Å². The average molecular weight is 492 g/mol. The summed E-state index contributed by atoms with van der Waals surface area (Å²) in [4.78, 5) is 30.1. The maximum absolute atomic E-state index is 13.0. The van der Waals surface area contributed by atoms with Gasteiger partial charge in [0.1, 0.15) is 16.5 Å². The van der Waals surface area contributed by atoms with E-state index in [2.05, 4.69) is 50.0 Å². The summed E-state index contributed by atoms with van der Waals surface area (Å²) < 4.78 is 0. The van der Waals surface area contributed by atoms with Crippen molar-refractivity contribution in [3.05, 3.63) is 46.1 Å². The van der Waals surface area contributed by atoms with Crippen molar-refractivity contribution in [2.45, 2.75) is 65.7 Å². The molecule has 6 nitrogen and oxygen atoms in total. The monoisotopic (exact) mass is 491 g/mol. The Morgan fingerprint density at radius 1 is 1.20 bits per heavy atom. The van der Waals surface area contributed by atoms with E-state index < -0.39 is 0 Å². The minimum absolute atomic E-state index is 0.0204. The Kier molecular flexibility index (Phi) is 6.96. The van der Waals surface area contributed by atoms with Crippen LogP contribution in [0.4, 0.5) is 16.3 Å². The van der Waals surface area contributed by atoms with Crippen molar-refractivity contribution in [2.24, 2.45) is 5.92 Å². The Morgan fingerprint density at radius 3 is 2.74 bits per heavy atom. The number of aryl methyl sites for hydroxylation is 2. The Balaban J connectivity index is 1.37. The van der Waals surface area contributed by atoms with E-state index >= 15 is 0 Å². The van der Waals surface area contributed by atoms with Crippen LogP contribution in [0.2, 0.25) is 0 Å². The molecule has 186 valence electrons. The molecule has 0 unspecified atom stereocenters. The fourth-order valence-electron chi connectivity index (χ4n) is 5.16. The molecule has 2 atom stereocenters. The molecule has 1 saturated heterocycles. The van der Waals surface area contributed by atoms with Crippen LogP contribution < -0.4 is 10.2 Å². The minimum Gasteiger partial charge on any atom is -0.352 e. The minimum atomic E-state index is -0.0204. The number of nitrogens with zero attached hydrogens (tertiary/aromatic N) is 4. The summed E-state index contributed by atoms with van der Waals surface area (Å²) in [6.07, 6.45) is 5.49. The molecule has 0 radical (unpaired) electrons. The van der Waals surface area contributed by atoms with Gasteiger partial charge in [-0.05, 0) is 61.3 Å². The first kappa shape index (κ1) is 24.0. The van der Waals surface area contributed by atoms with Crippen molar-refractivity contribution < 1.29 is 4.79 Å². The van der Waals surface area contributed by atoms with Gasteiger partial charge in [-0.25, -0.2) is 14.8 Å². The predicted octanol–water partition coefficient (Wildman–Crippen LogP) is 6.25. The van der Waals surface area contributed by atoms with Crippen molar-refractivity contribution in [1.82, 2.24) is 14.9 Å². The van der Waals surface area contributed by atoms with Crippen LogP contribution in [0.5, 0.6) is 0 Å². The molecule has 0 bridgehead atoms. The molecular weight excluding hydrogens is 454 g/mol. The number of carbonyl (C=O) groups excluding carboxylic acids is 1. The number of carbonyl (C=O) groups is 1. The lowest BCUT2D eigenvalue weighted by Crippen LogP contribution is -2.50. The maximum atomic E-state index is 13.0. The van der Waals surface area contributed by atoms with Gasteiger partial charge in [0.15, 0.2) is 0 Å². The number of hydrogen-bond acceptors (Lipinski definition) is 5. The van der Waals surface area contributed by atoms with Crippen molar-refractivity contribution in [3.8, 4) is 0 Å². The second-order valence-electron chi connectivity index (χ2n) is 10.2. The number of fused-ring (bicyclic) bond motifs is 3. The third kappa shape index (κ3) is 4.88. The number of hydrogen-bond donors (Lipinski definition) is 1. The standard InChI is InChI=1S/C28H37N5OS/c1-5-19(4)25-30-26(24-22-11-10-18(3)16-23(22)35-27(24)31-25)32-12-14-33(15-13-32)28(34)29-21-9-7-8-20(6-2)17-21/h7-9,17-19H,5-6,10-16H2,1-4H3,(H,29,34)/t18-,19-/m0/s1. The summed E-state index contributed by atoms with van der Waals surface area (Å²) in [5.41, 5.74) is 3.57. The van der Waals surface area contributed by atoms with Gasteiger partial charge in [0.25, 0.3) is 0 Å². The largest absolute Gasteiger partial charge is 0.352 e. The lowest BCUT2D eigenvalue weighted by atomic mass is 9.89. The summed E-state index contributed by atoms with van der Waals surface area (Å²) >= 11 is 1.88. The molecule has 2 aromatic heterocycles. The number of thiophene rings is 1. The van der Waals surface area contributed by atoms with Crippen LogP contribution in [0.3, 0.4) is 0 Å². The van der Waals surface area contributed by atoms with Crippen molar-refractivity contribution >= 4 is 39.1 Å². The van der Waals surface area contributed by atoms with E-state index in [-0.39, 0.29) is 6.03 Å². The van der Waals surface area contributed by atoms with Gasteiger partial charge in [0, 0.05) is 42.7 Å². The Labute approximate surface area is 212 Å². The van der Waals surface area contributed by atoms with Gasteiger partial charge < -0.3 is 15.1 Å². The number of anilines is 2. The molecule has 1 fully saturated rings. The van der Waals surface area contributed by atoms with Gasteiger partial charge in [-0.15, -0.1) is 11.3 Å². The molecule has 2 amide bonds. The second kappa shape index (κ2) is 10.1. The molecule has 0 spiro atoms. The fraction of sp³-hybridized carbons (Fsp3) is 0.536. The molecule has 2 aliphatic rings. The molecule has 1 aliphatic heterocycles. The summed E-state index contributed by atoms with van der Waals surface area (Å²) in [7, 11) is 0. The zero-order valence-electron chi connectivity index (χ0n) is 21.4. The average Bonchev–Trinajstić information content (AvgIpc) is 3.25. The molecule has 0 saturated carbocycles. The van der Waals surface area contributed by atoms with Crippen molar-refractivity contribution in [3.63, 3.8) is 0 Å². The second-order valence-corrected chi connectivity index (χ2v) is 11.3. The molecule has 35 heavy (non-hydrogen) atoms. The number of aromatic nitrogens is 2. The summed E-state index contributed by atoms with van der Waals surface area (Å²) in [6, 6.07) is 8.09. The molecule has 1 aromatic carbocycles. The summed E-state index contributed by atoms with van der Waals surface area (Å²) in [5, 5.41) is 4.36. The smallest absolute Gasteiger partial charge is 0.321 e. The van der Waals surface area contributed by atoms with Crippen LogP contribution >= 0.6 is 11.3 Å². The first-order valence-corrected chi connectivity index (χ1v) is 14.0. The number of urea groups is 1. The molecule has 3 aromatic rings. The highest BCUT2D eigenvalue weighted by Crippen LogP contribution is 2.42. The molecular formula is C28H37N5OS. The molecule has 5 rings (SSSR count). The van der Waals surface area contributed by atoms with E-state index in [0.717, 1.165) is 66.9 Å². The molecule has 1 aliphatic carbocycles. The van der Waals surface area contributed by atoms with E-state index in [9.17, 15) is 4.79 Å². The van der Waals surface area contributed by atoms with E-state index in [4.69, 9.17) is 9.97 Å². The van der Waals surface area contributed by atoms with Crippen LogP contribution in [0.15, 0.2) is 24.3 Å². The van der Waals surface area contributed by atoms with Gasteiger partial charge in [0.2, 0.25) is 0 Å². The number of benzene rings is 1. The van der Waals surface area contributed by atoms with Crippen LogP contribution in [-0.4, -0.2) is 47.1 Å². The number of piperazine rings is 1. The summed E-state index contributed by atoms with van der Waals surface area (Å²) in [6.45, 7) is 11.9. The normalized spacial score (nSPS) is 19.0. The Bertz CT molecular complexity index is 1210. The lowest BCUT2D eigenvalue weighted by Gasteiger charge is -2.36. The zero-order chi connectivity index (χ0) is 24.5. The molecule has 7 heteroatoms. The van der Waals surface area contributed by atoms with Gasteiger partial charge in [0.05, 0.1) is 5.39 Å². The highest BCUT2D eigenvalue weighted by atomic mass is 32.1. The predicted molar refractivity (Wildman–Crippen MR) is 146 cm³/mol. The van der Waals surface area contributed by atoms with Gasteiger partial charge in [-0.2, -0.15) is 0 Å². The third-order valence-electron chi connectivity index (χ3n) is 7.66. The van der Waals surface area contributed by atoms with E-state index in [1.54, 1.807) is 0 Å². The quantitative estimate of drug-likeness (QED) is 0.458. The first-order valence-electron chi connectivity index (χ1n) is 13.2. The highest BCUT2D eigenvalue weighted by molar-refractivity contribution is 7.19. The van der Waals surface area contributed by atoms with Gasteiger partial charge >= 0.3 is 6.03 Å². The van der Waals surface area contributed by atoms with E-state index in [1.165, 1.54) is 27.8 Å². The zero-order valence-corrected chi connectivity index (χ0v) is 22.2. The summed E-state index contributed by atoms with van der Waals surface area (Å²) in [5.74, 6) is 3.12. The third-order valence-corrected chi connectivity index (χ3v) is 8.81. The molecule has 1 N–H and O–H groups in total. The highest BCUT2D eigenvalue weighted by Gasteiger charge is 2.29. The lowest BCUT2D eigenvalue weighted by molar-refractivity contribution is 0.208. The van der Waals surface area contributed by atoms with Crippen molar-refractivity contribution in [1.29, 1.82) is 0 Å². The van der Waals surface area contributed by atoms with Gasteiger partial charge in [-0.1, -0.05) is 39.8 Å². The molecule has 3 heterocycles.